The van der Waals surface area contributed by atoms with Gasteiger partial charge in [0.1, 0.15) is 5.75 Å². The van der Waals surface area contributed by atoms with Crippen LogP contribution in [0, 0.1) is 10.1 Å². The van der Waals surface area contributed by atoms with Crippen LogP contribution < -0.4 is 9.64 Å². The SMILES string of the molecule is COc1cccc(N(C(=O)c2cccs2)C2CCN(Cc3cc([N+](=O)[O-])ccc3Cl)CC2)c1. The number of carbonyl (C=O) groups is 1. The van der Waals surface area contributed by atoms with E-state index in [1.54, 1.807) is 13.2 Å². The Hall–Kier alpha value is -2.94. The van der Waals surface area contributed by atoms with Gasteiger partial charge in [-0.15, -0.1) is 11.3 Å². The van der Waals surface area contributed by atoms with Crippen LogP contribution in [0.5, 0.6) is 5.75 Å². The Kier molecular flexibility index (Phi) is 7.27. The van der Waals surface area contributed by atoms with E-state index in [4.69, 9.17) is 16.3 Å². The first-order valence-electron chi connectivity index (χ1n) is 10.6. The van der Waals surface area contributed by atoms with Crippen LogP contribution >= 0.6 is 22.9 Å². The summed E-state index contributed by atoms with van der Waals surface area (Å²) in [6.07, 6.45) is 1.56. The van der Waals surface area contributed by atoms with Crippen molar-refractivity contribution in [3.05, 3.63) is 85.6 Å². The molecule has 4 rings (SSSR count). The number of hydrogen-bond acceptors (Lipinski definition) is 6. The van der Waals surface area contributed by atoms with Gasteiger partial charge in [-0.2, -0.15) is 0 Å². The second-order valence-electron chi connectivity index (χ2n) is 7.89. The summed E-state index contributed by atoms with van der Waals surface area (Å²) in [7, 11) is 1.61. The number of piperidine rings is 1. The zero-order valence-corrected chi connectivity index (χ0v) is 19.7. The molecule has 9 heteroatoms. The van der Waals surface area contributed by atoms with Crippen molar-refractivity contribution in [1.29, 1.82) is 0 Å². The average molecular weight is 486 g/mol. The van der Waals surface area contributed by atoms with Crippen molar-refractivity contribution in [3.8, 4) is 5.75 Å². The van der Waals surface area contributed by atoms with E-state index in [1.165, 1.54) is 23.5 Å². The number of halogens is 1. The molecular weight excluding hydrogens is 462 g/mol. The van der Waals surface area contributed by atoms with Crippen LogP contribution in [0.4, 0.5) is 11.4 Å². The molecule has 1 aliphatic heterocycles. The molecule has 2 aromatic carbocycles. The predicted octanol–water partition coefficient (Wildman–Crippen LogP) is 5.63. The molecule has 0 unspecified atom stereocenters. The highest BCUT2D eigenvalue weighted by atomic mass is 35.5. The second-order valence-corrected chi connectivity index (χ2v) is 9.25. The average Bonchev–Trinajstić information content (AvgIpc) is 3.37. The van der Waals surface area contributed by atoms with Gasteiger partial charge in [0.15, 0.2) is 0 Å². The van der Waals surface area contributed by atoms with Crippen LogP contribution in [-0.4, -0.2) is 42.0 Å². The molecule has 1 saturated heterocycles. The van der Waals surface area contributed by atoms with Crippen LogP contribution in [0.2, 0.25) is 5.02 Å². The van der Waals surface area contributed by atoms with Crippen LogP contribution in [0.15, 0.2) is 60.0 Å². The highest BCUT2D eigenvalue weighted by molar-refractivity contribution is 7.12. The van der Waals surface area contributed by atoms with Crippen LogP contribution in [0.3, 0.4) is 0 Å². The van der Waals surface area contributed by atoms with Crippen molar-refractivity contribution in [2.45, 2.75) is 25.4 Å². The maximum Gasteiger partial charge on any atom is 0.269 e. The first-order chi connectivity index (χ1) is 16.0. The van der Waals surface area contributed by atoms with Gasteiger partial charge in [0.2, 0.25) is 0 Å². The topological polar surface area (TPSA) is 75.9 Å². The number of nitro groups is 1. The molecule has 0 aliphatic carbocycles. The quantitative estimate of drug-likeness (QED) is 0.320. The van der Waals surface area contributed by atoms with E-state index in [1.807, 2.05) is 46.7 Å². The van der Waals surface area contributed by atoms with Crippen molar-refractivity contribution in [2.24, 2.45) is 0 Å². The van der Waals surface area contributed by atoms with Crippen molar-refractivity contribution in [2.75, 3.05) is 25.1 Å². The molecule has 0 spiro atoms. The number of non-ortho nitro benzene ring substituents is 1. The number of rotatable bonds is 7. The molecule has 0 atom stereocenters. The van der Waals surface area contributed by atoms with Gasteiger partial charge in [-0.25, -0.2) is 0 Å². The lowest BCUT2D eigenvalue weighted by molar-refractivity contribution is -0.384. The molecule has 3 aromatic rings. The van der Waals surface area contributed by atoms with Crippen LogP contribution in [-0.2, 0) is 6.54 Å². The molecule has 172 valence electrons. The number of carbonyl (C=O) groups excluding carboxylic acids is 1. The Balaban J connectivity index is 1.51. The van der Waals surface area contributed by atoms with Crippen LogP contribution in [0.1, 0.15) is 28.1 Å². The molecule has 1 fully saturated rings. The van der Waals surface area contributed by atoms with E-state index in [0.717, 1.165) is 37.2 Å². The molecular formula is C24H24ClN3O4S. The Morgan fingerprint density at radius 2 is 2.00 bits per heavy atom. The Morgan fingerprint density at radius 1 is 1.21 bits per heavy atom. The molecule has 1 aromatic heterocycles. The smallest absolute Gasteiger partial charge is 0.269 e. The van der Waals surface area contributed by atoms with E-state index < -0.39 is 4.92 Å². The van der Waals surface area contributed by atoms with E-state index >= 15 is 0 Å². The minimum Gasteiger partial charge on any atom is -0.497 e. The summed E-state index contributed by atoms with van der Waals surface area (Å²) >= 11 is 7.73. The maximum atomic E-state index is 13.4. The van der Waals surface area contributed by atoms with Gasteiger partial charge in [0.05, 0.1) is 16.9 Å². The normalized spacial score (nSPS) is 14.7. The third-order valence-electron chi connectivity index (χ3n) is 5.84. The van der Waals surface area contributed by atoms with Crippen molar-refractivity contribution in [1.82, 2.24) is 4.90 Å². The number of nitro benzene ring substituents is 1. The third kappa shape index (κ3) is 5.35. The number of ether oxygens (including phenoxy) is 1. The zero-order chi connectivity index (χ0) is 23.4. The Labute approximate surface area is 201 Å². The fourth-order valence-corrected chi connectivity index (χ4v) is 4.98. The molecule has 33 heavy (non-hydrogen) atoms. The minimum absolute atomic E-state index is 0.0153. The van der Waals surface area contributed by atoms with Crippen LogP contribution in [0.25, 0.3) is 0 Å². The summed E-state index contributed by atoms with van der Waals surface area (Å²) in [5.41, 5.74) is 1.59. The van der Waals surface area contributed by atoms with E-state index in [0.29, 0.717) is 22.2 Å². The van der Waals surface area contributed by atoms with Gasteiger partial charge in [-0.05, 0) is 48.1 Å². The molecule has 0 saturated carbocycles. The summed E-state index contributed by atoms with van der Waals surface area (Å²) in [5, 5.41) is 13.5. The standard InChI is InChI=1S/C24H24ClN3O4S/c1-32-21-5-2-4-19(15-21)27(24(29)23-6-3-13-33-23)18-9-11-26(12-10-18)16-17-14-20(28(30)31)7-8-22(17)25/h2-8,13-15,18H,9-12,16H2,1H3. The maximum absolute atomic E-state index is 13.4. The number of benzene rings is 2. The Morgan fingerprint density at radius 3 is 2.67 bits per heavy atom. The van der Waals surface area contributed by atoms with Crippen molar-refractivity contribution < 1.29 is 14.5 Å². The highest BCUT2D eigenvalue weighted by Crippen LogP contribution is 2.31. The first kappa shape index (κ1) is 23.2. The molecule has 0 N–H and O–H groups in total. The minimum atomic E-state index is -0.408. The fourth-order valence-electron chi connectivity index (χ4n) is 4.15. The summed E-state index contributed by atoms with van der Waals surface area (Å²) in [4.78, 5) is 28.9. The number of likely N-dealkylation sites (tertiary alicyclic amines) is 1. The summed E-state index contributed by atoms with van der Waals surface area (Å²) in [6.45, 7) is 2.04. The number of nitrogens with zero attached hydrogens (tertiary/aromatic N) is 3. The Bertz CT molecular complexity index is 1130. The van der Waals surface area contributed by atoms with E-state index in [9.17, 15) is 14.9 Å². The van der Waals surface area contributed by atoms with Gasteiger partial charge in [0, 0.05) is 54.6 Å². The summed E-state index contributed by atoms with van der Waals surface area (Å²) in [5.74, 6) is 0.688. The number of anilines is 1. The zero-order valence-electron chi connectivity index (χ0n) is 18.1. The molecule has 0 bridgehead atoms. The van der Waals surface area contributed by atoms with E-state index in [2.05, 4.69) is 4.90 Å². The molecule has 1 amide bonds. The predicted molar refractivity (Wildman–Crippen MR) is 131 cm³/mol. The lowest BCUT2D eigenvalue weighted by Gasteiger charge is -2.38. The third-order valence-corrected chi connectivity index (χ3v) is 7.07. The van der Waals surface area contributed by atoms with Gasteiger partial charge >= 0.3 is 0 Å². The van der Waals surface area contributed by atoms with Crippen molar-refractivity contribution in [3.63, 3.8) is 0 Å². The largest absolute Gasteiger partial charge is 0.497 e. The summed E-state index contributed by atoms with van der Waals surface area (Å²) < 4.78 is 5.38. The number of thiophene rings is 1. The fraction of sp³-hybridized carbons (Fsp3) is 0.292. The number of hydrogen-bond donors (Lipinski definition) is 0. The number of methoxy groups -OCH3 is 1. The van der Waals surface area contributed by atoms with Crippen molar-refractivity contribution >= 4 is 40.2 Å². The lowest BCUT2D eigenvalue weighted by atomic mass is 10.0. The summed E-state index contributed by atoms with van der Waals surface area (Å²) in [6, 6.07) is 15.9. The van der Waals surface area contributed by atoms with Gasteiger partial charge in [-0.3, -0.25) is 19.8 Å². The van der Waals surface area contributed by atoms with Gasteiger partial charge in [-0.1, -0.05) is 23.7 Å². The number of amides is 1. The molecule has 2 heterocycles. The lowest BCUT2D eigenvalue weighted by Crippen LogP contribution is -2.47. The van der Waals surface area contributed by atoms with Gasteiger partial charge in [0.25, 0.3) is 11.6 Å². The van der Waals surface area contributed by atoms with Gasteiger partial charge < -0.3 is 9.64 Å². The molecule has 1 aliphatic rings. The molecule has 0 radical (unpaired) electrons. The molecule has 7 nitrogen and oxygen atoms in total. The highest BCUT2D eigenvalue weighted by Gasteiger charge is 2.31. The monoisotopic (exact) mass is 485 g/mol. The second kappa shape index (κ2) is 10.3. The first-order valence-corrected chi connectivity index (χ1v) is 11.9. The van der Waals surface area contributed by atoms with E-state index in [-0.39, 0.29) is 17.6 Å².